The van der Waals surface area contributed by atoms with Crippen LogP contribution in [-0.2, 0) is 21.7 Å². The Morgan fingerprint density at radius 3 is 1.36 bits per heavy atom. The molecule has 0 aliphatic heterocycles. The summed E-state index contributed by atoms with van der Waals surface area (Å²) >= 11 is 9.53. The van der Waals surface area contributed by atoms with Crippen molar-refractivity contribution in [3.63, 3.8) is 0 Å². The van der Waals surface area contributed by atoms with Crippen molar-refractivity contribution >= 4 is 23.2 Å². The number of halogens is 2. The predicted molar refractivity (Wildman–Crippen MR) is 59.7 cm³/mol. The van der Waals surface area contributed by atoms with Gasteiger partial charge in [0.15, 0.2) is 0 Å². The second-order valence-electron chi connectivity index (χ2n) is 2.11. The molecule has 0 atom stereocenters. The molecule has 0 spiro atoms. The zero-order valence-electron chi connectivity index (χ0n) is 7.84. The Kier molecular flexibility index (Phi) is 18.7. The Hall–Kier alpha value is 0.254. The molecule has 74 valence electrons. The van der Waals surface area contributed by atoms with Crippen LogP contribution in [0, 0.1) is 12.2 Å². The maximum Gasteiger partial charge on any atom is 2.00 e. The number of rotatable bonds is 0. The van der Waals surface area contributed by atoms with Crippen LogP contribution in [0.5, 0.6) is 0 Å². The van der Waals surface area contributed by atoms with Gasteiger partial charge < -0.3 is 0 Å². The fourth-order valence-electron chi connectivity index (χ4n) is 0.680. The van der Waals surface area contributed by atoms with Crippen LogP contribution >= 0.6 is 23.2 Å². The Morgan fingerprint density at radius 2 is 1.29 bits per heavy atom. The van der Waals surface area contributed by atoms with Crippen molar-refractivity contribution in [1.29, 1.82) is 0 Å². The van der Waals surface area contributed by atoms with Crippen LogP contribution in [0.3, 0.4) is 0 Å². The van der Waals surface area contributed by atoms with Crippen molar-refractivity contribution in [1.82, 2.24) is 0 Å². The van der Waals surface area contributed by atoms with Crippen LogP contribution in [0.25, 0.3) is 0 Å². The van der Waals surface area contributed by atoms with Gasteiger partial charge in [-0.2, -0.15) is 12.2 Å². The third-order valence-corrected chi connectivity index (χ3v) is 1.17. The Labute approximate surface area is 111 Å². The first kappa shape index (κ1) is 16.7. The van der Waals surface area contributed by atoms with Crippen LogP contribution < -0.4 is 0 Å². The summed E-state index contributed by atoms with van der Waals surface area (Å²) in [7, 11) is 0. The number of alkyl halides is 2. The molecule has 0 heterocycles. The molecule has 2 aliphatic carbocycles. The number of hydrogen-bond acceptors (Lipinski definition) is 0. The zero-order valence-corrected chi connectivity index (χ0v) is 10.9. The topological polar surface area (TPSA) is 0 Å². The molecule has 0 unspecified atom stereocenters. The van der Waals surface area contributed by atoms with Crippen molar-refractivity contribution in [2.75, 3.05) is 5.34 Å². The zero-order chi connectivity index (χ0) is 9.78. The third kappa shape index (κ3) is 14.8. The van der Waals surface area contributed by atoms with Gasteiger partial charge in [0.25, 0.3) is 0 Å². The van der Waals surface area contributed by atoms with Crippen LogP contribution in [0.15, 0.2) is 36.5 Å². The van der Waals surface area contributed by atoms with Gasteiger partial charge in [0.05, 0.1) is 5.34 Å². The maximum atomic E-state index is 4.76. The van der Waals surface area contributed by atoms with E-state index in [2.05, 4.69) is 24.3 Å². The van der Waals surface area contributed by atoms with Crippen LogP contribution in [0.2, 0.25) is 0 Å². The van der Waals surface area contributed by atoms with Crippen molar-refractivity contribution in [2.45, 2.75) is 12.8 Å². The third-order valence-electron chi connectivity index (χ3n) is 1.17. The second-order valence-corrected chi connectivity index (χ2v) is 2.92. The first-order valence-corrected chi connectivity index (χ1v) is 5.04. The molecule has 0 fully saturated rings. The summed E-state index contributed by atoms with van der Waals surface area (Å²) < 4.78 is 0. The van der Waals surface area contributed by atoms with E-state index in [4.69, 9.17) is 23.2 Å². The van der Waals surface area contributed by atoms with Crippen LogP contribution in [-0.4, -0.2) is 5.34 Å². The van der Waals surface area contributed by atoms with Gasteiger partial charge in [-0.1, -0.05) is 0 Å². The SMILES string of the molecule is ClCCl.[C-]1=CC=CC1.[C-]1=CC=CC1.[Ti+2]. The molecule has 0 saturated carbocycles. The van der Waals surface area contributed by atoms with E-state index in [1.807, 2.05) is 24.3 Å². The van der Waals surface area contributed by atoms with Crippen molar-refractivity contribution in [2.24, 2.45) is 0 Å². The van der Waals surface area contributed by atoms with E-state index < -0.39 is 0 Å². The molecule has 0 aromatic rings. The molecule has 3 heteroatoms. The van der Waals surface area contributed by atoms with Crippen molar-refractivity contribution < 1.29 is 21.7 Å². The average Bonchev–Trinajstić information content (AvgIpc) is 2.85. The summed E-state index contributed by atoms with van der Waals surface area (Å²) in [5.41, 5.74) is 0. The van der Waals surface area contributed by atoms with E-state index in [1.54, 1.807) is 0 Å². The minimum atomic E-state index is 0. The van der Waals surface area contributed by atoms with Crippen molar-refractivity contribution in [3.05, 3.63) is 48.6 Å². The van der Waals surface area contributed by atoms with Gasteiger partial charge in [-0.15, -0.1) is 36.0 Å². The van der Waals surface area contributed by atoms with Crippen LogP contribution in [0.4, 0.5) is 0 Å². The molecule has 0 nitrogen and oxygen atoms in total. The molecule has 2 rings (SSSR count). The van der Waals surface area contributed by atoms with Gasteiger partial charge in [-0.25, -0.2) is 24.3 Å². The predicted octanol–water partition coefficient (Wildman–Crippen LogP) is 4.03. The van der Waals surface area contributed by atoms with Gasteiger partial charge in [-0.3, -0.25) is 12.2 Å². The minimum Gasteiger partial charge on any atom is -0.273 e. The van der Waals surface area contributed by atoms with E-state index in [-0.39, 0.29) is 27.1 Å². The van der Waals surface area contributed by atoms with Gasteiger partial charge in [0.2, 0.25) is 0 Å². The molecular weight excluding hydrogens is 251 g/mol. The summed E-state index contributed by atoms with van der Waals surface area (Å²) in [5, 5.41) is 0.194. The van der Waals surface area contributed by atoms with Gasteiger partial charge in [-0.05, 0) is 0 Å². The quantitative estimate of drug-likeness (QED) is 0.351. The molecule has 0 saturated heterocycles. The summed E-state index contributed by atoms with van der Waals surface area (Å²) in [4.78, 5) is 0. The Bertz CT molecular complexity index is 163. The second kappa shape index (κ2) is 15.7. The van der Waals surface area contributed by atoms with E-state index in [9.17, 15) is 0 Å². The standard InChI is InChI=1S/2C5H5.CH2Cl2.Ti/c2*1-2-4-5-3-1;2-1-3;/h2*1-3H,4H2;1H2;/q2*-1;;+2. The summed E-state index contributed by atoms with van der Waals surface area (Å²) in [6.45, 7) is 0. The number of hydrogen-bond donors (Lipinski definition) is 0. The molecule has 0 amide bonds. The molecule has 14 heavy (non-hydrogen) atoms. The van der Waals surface area contributed by atoms with Gasteiger partial charge in [0.1, 0.15) is 0 Å². The average molecular weight is 263 g/mol. The maximum absolute atomic E-state index is 4.76. The summed E-state index contributed by atoms with van der Waals surface area (Å²) in [5.74, 6) is 0. The minimum absolute atomic E-state index is 0. The first-order chi connectivity index (χ1) is 6.41. The molecule has 0 aromatic heterocycles. The molecule has 0 radical (unpaired) electrons. The molecule has 2 aliphatic rings. The van der Waals surface area contributed by atoms with Crippen molar-refractivity contribution in [3.8, 4) is 0 Å². The van der Waals surface area contributed by atoms with Gasteiger partial charge >= 0.3 is 21.7 Å². The fourth-order valence-corrected chi connectivity index (χ4v) is 0.680. The van der Waals surface area contributed by atoms with E-state index in [1.165, 1.54) is 0 Å². The summed E-state index contributed by atoms with van der Waals surface area (Å²) in [6, 6.07) is 0. The monoisotopic (exact) mass is 262 g/mol. The molecule has 0 N–H and O–H groups in total. The van der Waals surface area contributed by atoms with E-state index in [0.29, 0.717) is 0 Å². The normalized spacial score (nSPS) is 13.9. The van der Waals surface area contributed by atoms with E-state index >= 15 is 0 Å². The molecule has 0 bridgehead atoms. The summed E-state index contributed by atoms with van der Waals surface area (Å²) in [6.07, 6.45) is 20.0. The van der Waals surface area contributed by atoms with E-state index in [0.717, 1.165) is 12.8 Å². The molecule has 0 aromatic carbocycles. The first-order valence-electron chi connectivity index (χ1n) is 3.97. The van der Waals surface area contributed by atoms with Crippen LogP contribution in [0.1, 0.15) is 12.8 Å². The Morgan fingerprint density at radius 1 is 0.929 bits per heavy atom. The molecular formula is C11H12Cl2Ti. The number of allylic oxidation sites excluding steroid dienone is 8. The fraction of sp³-hybridized carbons (Fsp3) is 0.273. The Balaban J connectivity index is 0. The van der Waals surface area contributed by atoms with Gasteiger partial charge in [0, 0.05) is 0 Å². The smallest absolute Gasteiger partial charge is 0.273 e. The largest absolute Gasteiger partial charge is 2.00 e.